The lowest BCUT2D eigenvalue weighted by molar-refractivity contribution is 0.0599. The Kier molecular flexibility index (Phi) is 6.58. The maximum Gasteiger partial charge on any atom is 0.338 e. The summed E-state index contributed by atoms with van der Waals surface area (Å²) in [5.74, 6) is -0.941. The zero-order valence-corrected chi connectivity index (χ0v) is 18.2. The molecule has 1 amide bonds. The standard InChI is InChI=1S/C22H26N2O5S/c1-15-10-11-17(14-20(15)30(27,28)24-12-5-4-6-13-24)21(25)23-19-9-7-8-18(16(19)2)22(26)29-3/h7-11,14H,4-6,12-13H2,1-3H3,(H,23,25). The maximum absolute atomic E-state index is 13.1. The number of esters is 1. The SMILES string of the molecule is COC(=O)c1cccc(NC(=O)c2ccc(C)c(S(=O)(=O)N3CCCCC3)c2)c1C. The third-order valence-electron chi connectivity index (χ3n) is 5.37. The predicted octanol–water partition coefficient (Wildman–Crippen LogP) is 3.52. The summed E-state index contributed by atoms with van der Waals surface area (Å²) >= 11 is 0. The quantitative estimate of drug-likeness (QED) is 0.733. The van der Waals surface area contributed by atoms with Gasteiger partial charge < -0.3 is 10.1 Å². The first kappa shape index (κ1) is 22.0. The molecule has 1 aliphatic heterocycles. The molecule has 0 unspecified atom stereocenters. The Morgan fingerprint density at radius 3 is 2.40 bits per heavy atom. The number of hydrogen-bond acceptors (Lipinski definition) is 5. The van der Waals surface area contributed by atoms with Gasteiger partial charge >= 0.3 is 5.97 Å². The molecule has 1 fully saturated rings. The average molecular weight is 431 g/mol. The molecule has 1 N–H and O–H groups in total. The Bertz CT molecular complexity index is 1070. The maximum atomic E-state index is 13.1. The van der Waals surface area contributed by atoms with E-state index < -0.39 is 21.9 Å². The van der Waals surface area contributed by atoms with E-state index in [1.165, 1.54) is 17.5 Å². The number of piperidine rings is 1. The number of carbonyl (C=O) groups excluding carboxylic acids is 2. The topological polar surface area (TPSA) is 92.8 Å². The Morgan fingerprint density at radius 2 is 1.73 bits per heavy atom. The summed E-state index contributed by atoms with van der Waals surface area (Å²) in [6.45, 7) is 4.43. The number of methoxy groups -OCH3 is 1. The second kappa shape index (κ2) is 8.97. The number of aryl methyl sites for hydroxylation is 1. The Labute approximate surface area is 177 Å². The Morgan fingerprint density at radius 1 is 1.03 bits per heavy atom. The molecule has 1 saturated heterocycles. The normalized spacial score (nSPS) is 14.9. The highest BCUT2D eigenvalue weighted by Gasteiger charge is 2.28. The molecule has 1 aliphatic rings. The van der Waals surface area contributed by atoms with Crippen LogP contribution in [0.1, 0.15) is 51.1 Å². The summed E-state index contributed by atoms with van der Waals surface area (Å²) < 4.78 is 32.4. The van der Waals surface area contributed by atoms with E-state index in [1.54, 1.807) is 44.2 Å². The van der Waals surface area contributed by atoms with Crippen molar-refractivity contribution in [3.05, 3.63) is 58.7 Å². The van der Waals surface area contributed by atoms with E-state index in [0.29, 0.717) is 35.5 Å². The van der Waals surface area contributed by atoms with Crippen molar-refractivity contribution < 1.29 is 22.7 Å². The van der Waals surface area contributed by atoms with Crippen molar-refractivity contribution >= 4 is 27.6 Å². The smallest absolute Gasteiger partial charge is 0.338 e. The van der Waals surface area contributed by atoms with Crippen molar-refractivity contribution in [3.63, 3.8) is 0 Å². The lowest BCUT2D eigenvalue weighted by Crippen LogP contribution is -2.36. The van der Waals surface area contributed by atoms with Crippen LogP contribution in [-0.4, -0.2) is 44.8 Å². The van der Waals surface area contributed by atoms with Crippen molar-refractivity contribution in [2.24, 2.45) is 0 Å². The molecule has 160 valence electrons. The van der Waals surface area contributed by atoms with Crippen molar-refractivity contribution in [1.29, 1.82) is 0 Å². The molecule has 2 aromatic carbocycles. The van der Waals surface area contributed by atoms with E-state index in [1.807, 2.05) is 0 Å². The number of anilines is 1. The number of benzene rings is 2. The molecular formula is C22H26N2O5S. The highest BCUT2D eigenvalue weighted by atomic mass is 32.2. The lowest BCUT2D eigenvalue weighted by atomic mass is 10.1. The van der Waals surface area contributed by atoms with Gasteiger partial charge in [0.05, 0.1) is 17.6 Å². The Balaban J connectivity index is 1.90. The summed E-state index contributed by atoms with van der Waals surface area (Å²) in [6.07, 6.45) is 2.71. The van der Waals surface area contributed by atoms with Gasteiger partial charge in [0.15, 0.2) is 0 Å². The molecule has 0 aliphatic carbocycles. The molecule has 7 nitrogen and oxygen atoms in total. The molecule has 0 aromatic heterocycles. The summed E-state index contributed by atoms with van der Waals surface area (Å²) in [6, 6.07) is 9.61. The lowest BCUT2D eigenvalue weighted by Gasteiger charge is -2.26. The number of nitrogens with zero attached hydrogens (tertiary/aromatic N) is 1. The van der Waals surface area contributed by atoms with E-state index in [4.69, 9.17) is 4.74 Å². The van der Waals surface area contributed by atoms with E-state index in [-0.39, 0.29) is 10.5 Å². The summed E-state index contributed by atoms with van der Waals surface area (Å²) in [5, 5.41) is 2.77. The van der Waals surface area contributed by atoms with E-state index in [9.17, 15) is 18.0 Å². The summed E-state index contributed by atoms with van der Waals surface area (Å²) in [5.41, 5.74) is 2.22. The molecule has 0 radical (unpaired) electrons. The number of ether oxygens (including phenoxy) is 1. The molecule has 2 aromatic rings. The molecule has 0 bridgehead atoms. The van der Waals surface area contributed by atoms with Crippen LogP contribution >= 0.6 is 0 Å². The fourth-order valence-electron chi connectivity index (χ4n) is 3.56. The first-order chi connectivity index (χ1) is 14.3. The molecule has 8 heteroatoms. The molecule has 3 rings (SSSR count). The first-order valence-electron chi connectivity index (χ1n) is 9.86. The van der Waals surface area contributed by atoms with E-state index in [0.717, 1.165) is 19.3 Å². The number of hydrogen-bond donors (Lipinski definition) is 1. The monoisotopic (exact) mass is 430 g/mol. The first-order valence-corrected chi connectivity index (χ1v) is 11.3. The molecule has 0 spiro atoms. The van der Waals surface area contributed by atoms with Gasteiger partial charge in [0.1, 0.15) is 0 Å². The summed E-state index contributed by atoms with van der Waals surface area (Å²) in [7, 11) is -2.36. The van der Waals surface area contributed by atoms with Crippen LogP contribution in [0.5, 0.6) is 0 Å². The second-order valence-corrected chi connectivity index (χ2v) is 9.28. The molecule has 30 heavy (non-hydrogen) atoms. The van der Waals surface area contributed by atoms with Crippen molar-refractivity contribution in [3.8, 4) is 0 Å². The minimum atomic E-state index is -3.66. The minimum Gasteiger partial charge on any atom is -0.465 e. The van der Waals surface area contributed by atoms with Gasteiger partial charge in [-0.25, -0.2) is 13.2 Å². The van der Waals surface area contributed by atoms with Gasteiger partial charge in [0, 0.05) is 24.3 Å². The van der Waals surface area contributed by atoms with Crippen LogP contribution < -0.4 is 5.32 Å². The Hall–Kier alpha value is -2.71. The van der Waals surface area contributed by atoms with Crippen LogP contribution in [0.3, 0.4) is 0 Å². The van der Waals surface area contributed by atoms with Crippen LogP contribution in [0, 0.1) is 13.8 Å². The predicted molar refractivity (Wildman–Crippen MR) is 114 cm³/mol. The summed E-state index contributed by atoms with van der Waals surface area (Å²) in [4.78, 5) is 24.9. The number of sulfonamides is 1. The highest BCUT2D eigenvalue weighted by Crippen LogP contribution is 2.25. The van der Waals surface area contributed by atoms with Crippen LogP contribution in [0.15, 0.2) is 41.3 Å². The van der Waals surface area contributed by atoms with Gasteiger partial charge in [-0.05, 0) is 62.1 Å². The minimum absolute atomic E-state index is 0.150. The molecule has 0 saturated carbocycles. The van der Waals surface area contributed by atoms with Gasteiger partial charge in [0.2, 0.25) is 10.0 Å². The van der Waals surface area contributed by atoms with Gasteiger partial charge in [0.25, 0.3) is 5.91 Å². The fraction of sp³-hybridized carbons (Fsp3) is 0.364. The zero-order valence-electron chi connectivity index (χ0n) is 17.4. The van der Waals surface area contributed by atoms with Crippen molar-refractivity contribution in [1.82, 2.24) is 4.31 Å². The van der Waals surface area contributed by atoms with Crippen LogP contribution in [-0.2, 0) is 14.8 Å². The second-order valence-electron chi connectivity index (χ2n) is 7.37. The van der Waals surface area contributed by atoms with E-state index in [2.05, 4.69) is 5.32 Å². The van der Waals surface area contributed by atoms with Gasteiger partial charge in [-0.15, -0.1) is 0 Å². The number of amides is 1. The largest absolute Gasteiger partial charge is 0.465 e. The zero-order chi connectivity index (χ0) is 21.9. The van der Waals surface area contributed by atoms with Crippen LogP contribution in [0.4, 0.5) is 5.69 Å². The van der Waals surface area contributed by atoms with Crippen LogP contribution in [0.25, 0.3) is 0 Å². The number of carbonyl (C=O) groups is 2. The molecule has 1 heterocycles. The fourth-order valence-corrected chi connectivity index (χ4v) is 5.33. The van der Waals surface area contributed by atoms with Crippen LogP contribution in [0.2, 0.25) is 0 Å². The molecule has 0 atom stereocenters. The number of nitrogens with one attached hydrogen (secondary N) is 1. The van der Waals surface area contributed by atoms with Gasteiger partial charge in [-0.2, -0.15) is 4.31 Å². The number of rotatable bonds is 5. The van der Waals surface area contributed by atoms with Gasteiger partial charge in [-0.3, -0.25) is 4.79 Å². The molecular weight excluding hydrogens is 404 g/mol. The van der Waals surface area contributed by atoms with E-state index >= 15 is 0 Å². The van der Waals surface area contributed by atoms with Gasteiger partial charge in [-0.1, -0.05) is 18.6 Å². The third-order valence-corrected chi connectivity index (χ3v) is 7.41. The van der Waals surface area contributed by atoms with Crippen molar-refractivity contribution in [2.75, 3.05) is 25.5 Å². The van der Waals surface area contributed by atoms with Crippen molar-refractivity contribution in [2.45, 2.75) is 38.0 Å². The highest BCUT2D eigenvalue weighted by molar-refractivity contribution is 7.89. The third kappa shape index (κ3) is 4.39. The average Bonchev–Trinajstić information content (AvgIpc) is 2.75.